The number of halogens is 3. The maximum absolute atomic E-state index is 12.4. The van der Waals surface area contributed by atoms with Crippen molar-refractivity contribution >= 4 is 0 Å². The van der Waals surface area contributed by atoms with Crippen molar-refractivity contribution in [3.63, 3.8) is 0 Å². The average molecular weight is 252 g/mol. The summed E-state index contributed by atoms with van der Waals surface area (Å²) in [6.07, 6.45) is -3.15. The molecule has 0 saturated heterocycles. The molecule has 6 heteroatoms. The lowest BCUT2D eigenvalue weighted by Crippen LogP contribution is -2.04. The minimum atomic E-state index is -4.40. The van der Waals surface area contributed by atoms with E-state index in [0.29, 0.717) is 10.3 Å². The molecule has 0 spiro atoms. The van der Waals surface area contributed by atoms with Crippen LogP contribution < -0.4 is 0 Å². The van der Waals surface area contributed by atoms with Crippen LogP contribution in [0.1, 0.15) is 11.1 Å². The van der Waals surface area contributed by atoms with Gasteiger partial charge in [-0.2, -0.15) is 23.2 Å². The molecule has 0 bridgehead atoms. The summed E-state index contributed by atoms with van der Waals surface area (Å²) in [5.41, 5.74) is -0.0728. The van der Waals surface area contributed by atoms with Crippen molar-refractivity contribution in [1.82, 2.24) is 4.73 Å². The molecule has 0 aliphatic carbocycles. The molecule has 2 aromatic rings. The first-order chi connectivity index (χ1) is 8.43. The van der Waals surface area contributed by atoms with Crippen LogP contribution in [0.25, 0.3) is 11.3 Å². The Kier molecular flexibility index (Phi) is 2.75. The number of nitriles is 1. The summed E-state index contributed by atoms with van der Waals surface area (Å²) in [6.45, 7) is 0. The van der Waals surface area contributed by atoms with Crippen molar-refractivity contribution < 1.29 is 18.4 Å². The molecule has 0 atom stereocenters. The number of rotatable bonds is 1. The van der Waals surface area contributed by atoms with Crippen molar-refractivity contribution in [3.8, 4) is 17.3 Å². The third-order valence-corrected chi connectivity index (χ3v) is 2.47. The van der Waals surface area contributed by atoms with Gasteiger partial charge in [-0.05, 0) is 18.2 Å². The largest absolute Gasteiger partial charge is 0.428 e. The molecule has 0 amide bonds. The summed E-state index contributed by atoms with van der Waals surface area (Å²) in [5.74, 6) is 0. The highest BCUT2D eigenvalue weighted by Gasteiger charge is 2.30. The zero-order chi connectivity index (χ0) is 13.3. The summed E-state index contributed by atoms with van der Waals surface area (Å²) in [7, 11) is 0. The molecule has 1 N–H and O–H groups in total. The first-order valence-corrected chi connectivity index (χ1v) is 4.92. The Morgan fingerprint density at radius 3 is 2.22 bits per heavy atom. The quantitative estimate of drug-likeness (QED) is 0.792. The van der Waals surface area contributed by atoms with Gasteiger partial charge in [-0.15, -0.1) is 0 Å². The second-order valence-electron chi connectivity index (χ2n) is 3.61. The Bertz CT molecular complexity index is 606. The molecular weight excluding hydrogens is 245 g/mol. The van der Waals surface area contributed by atoms with Crippen molar-refractivity contribution in [2.75, 3.05) is 0 Å². The first-order valence-electron chi connectivity index (χ1n) is 4.92. The molecule has 0 fully saturated rings. The minimum Gasteiger partial charge on any atom is -0.428 e. The minimum absolute atomic E-state index is 0.172. The fraction of sp³-hybridized carbons (Fsp3) is 0.0833. The van der Waals surface area contributed by atoms with E-state index in [-0.39, 0.29) is 11.3 Å². The highest BCUT2D eigenvalue weighted by molar-refractivity contribution is 5.67. The first kappa shape index (κ1) is 12.0. The molecular formula is C12H7F3N2O. The van der Waals surface area contributed by atoms with Crippen molar-refractivity contribution in [3.05, 3.63) is 47.7 Å². The maximum Gasteiger partial charge on any atom is 0.416 e. The van der Waals surface area contributed by atoms with Gasteiger partial charge >= 0.3 is 6.18 Å². The van der Waals surface area contributed by atoms with Crippen LogP contribution >= 0.6 is 0 Å². The van der Waals surface area contributed by atoms with Crippen LogP contribution in [0.15, 0.2) is 36.5 Å². The topological polar surface area (TPSA) is 49.0 Å². The Morgan fingerprint density at radius 2 is 1.72 bits per heavy atom. The van der Waals surface area contributed by atoms with E-state index in [2.05, 4.69) is 0 Å². The van der Waals surface area contributed by atoms with Gasteiger partial charge in [-0.3, -0.25) is 0 Å². The van der Waals surface area contributed by atoms with Crippen LogP contribution in [0.4, 0.5) is 13.2 Å². The van der Waals surface area contributed by atoms with Gasteiger partial charge in [-0.25, -0.2) is 0 Å². The summed E-state index contributed by atoms with van der Waals surface area (Å²) < 4.78 is 37.8. The third-order valence-electron chi connectivity index (χ3n) is 2.47. The summed E-state index contributed by atoms with van der Waals surface area (Å²) >= 11 is 0. The van der Waals surface area contributed by atoms with Crippen LogP contribution in [-0.4, -0.2) is 9.94 Å². The van der Waals surface area contributed by atoms with Crippen LogP contribution in [0.5, 0.6) is 0 Å². The van der Waals surface area contributed by atoms with Gasteiger partial charge in [-0.1, -0.05) is 12.1 Å². The van der Waals surface area contributed by atoms with Gasteiger partial charge in [0.1, 0.15) is 11.8 Å². The molecule has 0 radical (unpaired) electrons. The molecule has 92 valence electrons. The molecule has 1 aromatic carbocycles. The lowest BCUT2D eigenvalue weighted by atomic mass is 10.1. The van der Waals surface area contributed by atoms with Gasteiger partial charge < -0.3 is 5.21 Å². The smallest absolute Gasteiger partial charge is 0.416 e. The molecule has 0 unspecified atom stereocenters. The van der Waals surface area contributed by atoms with Crippen molar-refractivity contribution in [1.29, 1.82) is 5.26 Å². The van der Waals surface area contributed by atoms with E-state index in [1.165, 1.54) is 24.4 Å². The third kappa shape index (κ3) is 2.02. The average Bonchev–Trinajstić information content (AvgIpc) is 2.69. The van der Waals surface area contributed by atoms with E-state index in [9.17, 15) is 18.4 Å². The predicted molar refractivity (Wildman–Crippen MR) is 56.8 cm³/mol. The van der Waals surface area contributed by atoms with Gasteiger partial charge in [0, 0.05) is 11.8 Å². The van der Waals surface area contributed by atoms with Gasteiger partial charge in [0.05, 0.1) is 11.1 Å². The summed E-state index contributed by atoms with van der Waals surface area (Å²) in [5, 5.41) is 18.3. The highest BCUT2D eigenvalue weighted by Crippen LogP contribution is 2.31. The standard InChI is InChI=1S/C12H7F3N2O/c13-12(14,15)10-3-1-8(2-4-10)11-9(7-16)5-6-17(11)18/h1-6,18H. The van der Waals surface area contributed by atoms with Crippen LogP contribution in [0.2, 0.25) is 0 Å². The van der Waals surface area contributed by atoms with Crippen molar-refractivity contribution in [2.45, 2.75) is 6.18 Å². The van der Waals surface area contributed by atoms with E-state index in [0.717, 1.165) is 12.1 Å². The number of alkyl halides is 3. The number of nitrogens with zero attached hydrogens (tertiary/aromatic N) is 2. The van der Waals surface area contributed by atoms with E-state index >= 15 is 0 Å². The van der Waals surface area contributed by atoms with Crippen LogP contribution in [0.3, 0.4) is 0 Å². The second-order valence-corrected chi connectivity index (χ2v) is 3.61. The van der Waals surface area contributed by atoms with E-state index in [4.69, 9.17) is 5.26 Å². The van der Waals surface area contributed by atoms with E-state index < -0.39 is 11.7 Å². The Morgan fingerprint density at radius 1 is 1.11 bits per heavy atom. The van der Waals surface area contributed by atoms with Gasteiger partial charge in [0.25, 0.3) is 0 Å². The Balaban J connectivity index is 2.48. The summed E-state index contributed by atoms with van der Waals surface area (Å²) in [6, 6.07) is 7.48. The Labute approximate surface area is 100 Å². The molecule has 0 aliphatic heterocycles. The zero-order valence-electron chi connectivity index (χ0n) is 8.94. The maximum atomic E-state index is 12.4. The lowest BCUT2D eigenvalue weighted by molar-refractivity contribution is -0.137. The number of hydrogen-bond donors (Lipinski definition) is 1. The highest BCUT2D eigenvalue weighted by atomic mass is 19.4. The molecule has 2 rings (SSSR count). The molecule has 18 heavy (non-hydrogen) atoms. The normalized spacial score (nSPS) is 11.2. The Hall–Kier alpha value is -2.42. The zero-order valence-corrected chi connectivity index (χ0v) is 8.94. The van der Waals surface area contributed by atoms with E-state index in [1.807, 2.05) is 6.07 Å². The monoisotopic (exact) mass is 252 g/mol. The lowest BCUT2D eigenvalue weighted by Gasteiger charge is -2.08. The summed E-state index contributed by atoms with van der Waals surface area (Å²) in [4.78, 5) is 0. The molecule has 1 aromatic heterocycles. The van der Waals surface area contributed by atoms with Crippen LogP contribution in [0, 0.1) is 11.3 Å². The second kappa shape index (κ2) is 4.11. The fourth-order valence-corrected chi connectivity index (χ4v) is 1.62. The van der Waals surface area contributed by atoms with Crippen molar-refractivity contribution in [2.24, 2.45) is 0 Å². The van der Waals surface area contributed by atoms with E-state index in [1.54, 1.807) is 0 Å². The molecule has 0 aliphatic rings. The fourth-order valence-electron chi connectivity index (χ4n) is 1.62. The van der Waals surface area contributed by atoms with Gasteiger partial charge in [0.15, 0.2) is 0 Å². The van der Waals surface area contributed by atoms with Gasteiger partial charge in [0.2, 0.25) is 0 Å². The molecule has 0 saturated carbocycles. The number of hydrogen-bond acceptors (Lipinski definition) is 2. The number of benzene rings is 1. The number of aromatic nitrogens is 1. The molecule has 3 nitrogen and oxygen atoms in total. The van der Waals surface area contributed by atoms with Crippen LogP contribution in [-0.2, 0) is 6.18 Å². The molecule has 1 heterocycles. The predicted octanol–water partition coefficient (Wildman–Crippen LogP) is 3.28. The SMILES string of the molecule is N#Cc1ccn(O)c1-c1ccc(C(F)(F)F)cc1.